The van der Waals surface area contributed by atoms with E-state index in [1.54, 1.807) is 18.3 Å². The first kappa shape index (κ1) is 15.4. The number of hydrogen-bond acceptors (Lipinski definition) is 5. The molecule has 1 aliphatic heterocycles. The molecule has 2 aromatic carbocycles. The van der Waals surface area contributed by atoms with E-state index >= 15 is 0 Å². The average Bonchev–Trinajstić information content (AvgIpc) is 2.56. The minimum atomic E-state index is 0.0384. The Bertz CT molecular complexity index is 665. The van der Waals surface area contributed by atoms with Gasteiger partial charge in [-0.25, -0.2) is 0 Å². The first-order valence-electron chi connectivity index (χ1n) is 7.78. The van der Waals surface area contributed by atoms with Crippen LogP contribution in [0.4, 0.5) is 0 Å². The van der Waals surface area contributed by atoms with E-state index in [1.807, 2.05) is 11.1 Å². The fourth-order valence-corrected chi connectivity index (χ4v) is 2.64. The van der Waals surface area contributed by atoms with E-state index < -0.39 is 0 Å². The van der Waals surface area contributed by atoms with Crippen molar-refractivity contribution in [3.05, 3.63) is 59.7 Å². The van der Waals surface area contributed by atoms with Gasteiger partial charge in [-0.15, -0.1) is 0 Å². The third kappa shape index (κ3) is 4.23. The van der Waals surface area contributed by atoms with E-state index in [0.717, 1.165) is 32.7 Å². The fourth-order valence-electron chi connectivity index (χ4n) is 2.64. The monoisotopic (exact) mass is 311 g/mol. The lowest BCUT2D eigenvalue weighted by Gasteiger charge is -2.33. The maximum absolute atomic E-state index is 9.75. The molecule has 1 fully saturated rings. The van der Waals surface area contributed by atoms with Crippen LogP contribution in [0.25, 0.3) is 0 Å². The summed E-state index contributed by atoms with van der Waals surface area (Å²) in [6.45, 7) is 4.63. The molecule has 0 unspecified atom stereocenters. The number of hydrazone groups is 1. The minimum Gasteiger partial charge on any atom is -0.508 e. The molecule has 1 heterocycles. The molecule has 0 spiro atoms. The molecule has 0 aromatic heterocycles. The van der Waals surface area contributed by atoms with Crippen LogP contribution in [0.15, 0.2) is 53.6 Å². The maximum Gasteiger partial charge on any atom is 0.128 e. The van der Waals surface area contributed by atoms with Crippen LogP contribution >= 0.6 is 0 Å². The number of hydrogen-bond donors (Lipinski definition) is 2. The highest BCUT2D eigenvalue weighted by atomic mass is 16.3. The van der Waals surface area contributed by atoms with Crippen LogP contribution in [-0.2, 0) is 6.54 Å². The number of phenolic OH excluding ortho intramolecular Hbond substituents is 2. The zero-order valence-electron chi connectivity index (χ0n) is 13.0. The number of nitrogens with zero attached hydrogens (tertiary/aromatic N) is 3. The summed E-state index contributed by atoms with van der Waals surface area (Å²) in [7, 11) is 0. The SMILES string of the molecule is Oc1ccc(/C=N\N2CCN(Cc3ccccc3)CC2)c(O)c1. The van der Waals surface area contributed by atoms with Crippen molar-refractivity contribution in [1.29, 1.82) is 0 Å². The lowest BCUT2D eigenvalue weighted by Crippen LogP contribution is -2.43. The molecule has 1 aliphatic rings. The van der Waals surface area contributed by atoms with E-state index in [1.165, 1.54) is 11.6 Å². The summed E-state index contributed by atoms with van der Waals surface area (Å²) >= 11 is 0. The molecule has 23 heavy (non-hydrogen) atoms. The standard InChI is InChI=1S/C18H21N3O2/c22-17-7-6-16(18(23)12-17)13-19-21-10-8-20(9-11-21)14-15-4-2-1-3-5-15/h1-7,12-13,22-23H,8-11,14H2/b19-13-. The highest BCUT2D eigenvalue weighted by molar-refractivity contribution is 5.83. The van der Waals surface area contributed by atoms with Crippen LogP contribution in [-0.4, -0.2) is 52.5 Å². The van der Waals surface area contributed by atoms with Gasteiger partial charge in [0.1, 0.15) is 11.5 Å². The molecule has 3 rings (SSSR count). The minimum absolute atomic E-state index is 0.0384. The molecule has 1 saturated heterocycles. The average molecular weight is 311 g/mol. The number of phenols is 2. The van der Waals surface area contributed by atoms with Crippen LogP contribution < -0.4 is 0 Å². The smallest absolute Gasteiger partial charge is 0.128 e. The summed E-state index contributed by atoms with van der Waals surface area (Å²) in [4.78, 5) is 2.42. The number of aromatic hydroxyl groups is 2. The lowest BCUT2D eigenvalue weighted by atomic mass is 10.2. The van der Waals surface area contributed by atoms with E-state index in [-0.39, 0.29) is 11.5 Å². The van der Waals surface area contributed by atoms with Gasteiger partial charge in [-0.05, 0) is 17.7 Å². The van der Waals surface area contributed by atoms with Crippen molar-refractivity contribution in [1.82, 2.24) is 9.91 Å². The number of benzene rings is 2. The van der Waals surface area contributed by atoms with E-state index in [2.05, 4.69) is 34.3 Å². The second-order valence-electron chi connectivity index (χ2n) is 5.70. The van der Waals surface area contributed by atoms with Crippen LogP contribution in [0.5, 0.6) is 11.5 Å². The van der Waals surface area contributed by atoms with E-state index in [0.29, 0.717) is 5.56 Å². The molecule has 0 atom stereocenters. The molecule has 120 valence electrons. The largest absolute Gasteiger partial charge is 0.508 e. The quantitative estimate of drug-likeness (QED) is 0.850. The molecule has 5 heteroatoms. The van der Waals surface area contributed by atoms with E-state index in [4.69, 9.17) is 0 Å². The van der Waals surface area contributed by atoms with Gasteiger partial charge in [0, 0.05) is 44.4 Å². The van der Waals surface area contributed by atoms with Crippen molar-refractivity contribution < 1.29 is 10.2 Å². The Kier molecular flexibility index (Phi) is 4.78. The fraction of sp³-hybridized carbons (Fsp3) is 0.278. The summed E-state index contributed by atoms with van der Waals surface area (Å²) in [6.07, 6.45) is 1.64. The van der Waals surface area contributed by atoms with Crippen molar-refractivity contribution in [2.45, 2.75) is 6.54 Å². The summed E-state index contributed by atoms with van der Waals surface area (Å²) in [5.74, 6) is 0.0886. The molecule has 2 N–H and O–H groups in total. The van der Waals surface area contributed by atoms with Crippen molar-refractivity contribution in [3.63, 3.8) is 0 Å². The zero-order chi connectivity index (χ0) is 16.1. The predicted octanol–water partition coefficient (Wildman–Crippen LogP) is 2.25. The van der Waals surface area contributed by atoms with Gasteiger partial charge in [0.15, 0.2) is 0 Å². The summed E-state index contributed by atoms with van der Waals surface area (Å²) in [5.41, 5.74) is 1.94. The van der Waals surface area contributed by atoms with Gasteiger partial charge >= 0.3 is 0 Å². The summed E-state index contributed by atoms with van der Waals surface area (Å²) < 4.78 is 0. The summed E-state index contributed by atoms with van der Waals surface area (Å²) in [6, 6.07) is 15.0. The summed E-state index contributed by atoms with van der Waals surface area (Å²) in [5, 5.41) is 25.5. The van der Waals surface area contributed by atoms with Gasteiger partial charge in [-0.1, -0.05) is 30.3 Å². The third-order valence-corrected chi connectivity index (χ3v) is 3.97. The molecular weight excluding hydrogens is 290 g/mol. The second kappa shape index (κ2) is 7.15. The van der Waals surface area contributed by atoms with Crippen LogP contribution in [0.1, 0.15) is 11.1 Å². The molecular formula is C18H21N3O2. The Morgan fingerprint density at radius 2 is 1.70 bits per heavy atom. The molecule has 0 radical (unpaired) electrons. The normalized spacial score (nSPS) is 16.1. The topological polar surface area (TPSA) is 59.3 Å². The van der Waals surface area contributed by atoms with Gasteiger partial charge in [0.25, 0.3) is 0 Å². The van der Waals surface area contributed by atoms with Crippen molar-refractivity contribution in [2.24, 2.45) is 5.10 Å². The highest BCUT2D eigenvalue weighted by Crippen LogP contribution is 2.21. The molecule has 0 bridgehead atoms. The first-order chi connectivity index (χ1) is 11.2. The number of piperazine rings is 1. The first-order valence-corrected chi connectivity index (χ1v) is 7.78. The van der Waals surface area contributed by atoms with Gasteiger partial charge in [-0.3, -0.25) is 9.91 Å². The van der Waals surface area contributed by atoms with Crippen LogP contribution in [0.2, 0.25) is 0 Å². The van der Waals surface area contributed by atoms with Crippen LogP contribution in [0.3, 0.4) is 0 Å². The Morgan fingerprint density at radius 3 is 2.39 bits per heavy atom. The van der Waals surface area contributed by atoms with Crippen molar-refractivity contribution in [2.75, 3.05) is 26.2 Å². The van der Waals surface area contributed by atoms with Gasteiger partial charge in [0.05, 0.1) is 6.21 Å². The van der Waals surface area contributed by atoms with Crippen molar-refractivity contribution >= 4 is 6.21 Å². The Morgan fingerprint density at radius 1 is 0.957 bits per heavy atom. The molecule has 2 aromatic rings. The highest BCUT2D eigenvalue weighted by Gasteiger charge is 2.15. The Hall–Kier alpha value is -2.53. The molecule has 5 nitrogen and oxygen atoms in total. The van der Waals surface area contributed by atoms with Gasteiger partial charge in [0.2, 0.25) is 0 Å². The maximum atomic E-state index is 9.75. The third-order valence-electron chi connectivity index (χ3n) is 3.97. The van der Waals surface area contributed by atoms with E-state index in [9.17, 15) is 10.2 Å². The predicted molar refractivity (Wildman–Crippen MR) is 90.7 cm³/mol. The molecule has 0 aliphatic carbocycles. The van der Waals surface area contributed by atoms with Gasteiger partial charge in [-0.2, -0.15) is 5.10 Å². The van der Waals surface area contributed by atoms with Gasteiger partial charge < -0.3 is 10.2 Å². The number of rotatable bonds is 4. The Labute approximate surface area is 136 Å². The van der Waals surface area contributed by atoms with Crippen molar-refractivity contribution in [3.8, 4) is 11.5 Å². The molecule has 0 amide bonds. The van der Waals surface area contributed by atoms with Crippen LogP contribution in [0, 0.1) is 0 Å². The lowest BCUT2D eigenvalue weighted by molar-refractivity contribution is 0.131. The zero-order valence-corrected chi connectivity index (χ0v) is 13.0. The Balaban J connectivity index is 1.52. The second-order valence-corrected chi connectivity index (χ2v) is 5.70. The molecule has 0 saturated carbocycles.